The molecule has 0 aliphatic carbocycles. The summed E-state index contributed by atoms with van der Waals surface area (Å²) in [5.41, 5.74) is 3.56. The maximum atomic E-state index is 3.52. The van der Waals surface area contributed by atoms with E-state index in [9.17, 15) is 0 Å². The Kier molecular flexibility index (Phi) is 5.36. The molecule has 0 aromatic heterocycles. The molecule has 0 nitrogen and oxygen atoms in total. The van der Waals surface area contributed by atoms with Crippen molar-refractivity contribution in [1.82, 2.24) is 0 Å². The Morgan fingerprint density at radius 2 is 1.04 bits per heavy atom. The number of benzene rings is 3. The van der Waals surface area contributed by atoms with Crippen LogP contribution in [0.4, 0.5) is 0 Å². The van der Waals surface area contributed by atoms with Crippen LogP contribution in [0.5, 0.6) is 0 Å². The molecular weight excluding hydrogens is 300 g/mol. The molecule has 0 N–H and O–H groups in total. The first kappa shape index (κ1) is 17.1. The summed E-state index contributed by atoms with van der Waals surface area (Å²) in [5, 5.41) is 0. The van der Waals surface area contributed by atoms with Gasteiger partial charge in [0.25, 0.3) is 0 Å². The second kappa shape index (κ2) is 7.86. The molecule has 3 rings (SSSR count). The van der Waals surface area contributed by atoms with Crippen LogP contribution in [0.25, 0.3) is 0 Å². The maximum absolute atomic E-state index is 3.52. The van der Waals surface area contributed by atoms with Crippen molar-refractivity contribution in [1.29, 1.82) is 0 Å². The van der Waals surface area contributed by atoms with E-state index in [4.69, 9.17) is 0 Å². The molecule has 0 aliphatic heterocycles. The molecule has 0 saturated heterocycles. The quantitative estimate of drug-likeness (QED) is 0.403. The Morgan fingerprint density at radius 1 is 0.680 bits per heavy atom. The molecule has 0 heteroatoms. The minimum atomic E-state index is -0.286. The van der Waals surface area contributed by atoms with Crippen LogP contribution in [0.2, 0.25) is 0 Å². The summed E-state index contributed by atoms with van der Waals surface area (Å²) in [6.45, 7) is 4.35. The zero-order chi connectivity index (χ0) is 17.5. The largest absolute Gasteiger partial charge is 0.103 e. The van der Waals surface area contributed by atoms with Gasteiger partial charge in [0.15, 0.2) is 0 Å². The van der Waals surface area contributed by atoms with Crippen LogP contribution in [0, 0.1) is 17.8 Å². The molecule has 0 heterocycles. The van der Waals surface area contributed by atoms with Gasteiger partial charge in [-0.3, -0.25) is 0 Å². The number of hydrogen-bond donors (Lipinski definition) is 0. The van der Waals surface area contributed by atoms with Gasteiger partial charge in [-0.2, -0.15) is 0 Å². The van der Waals surface area contributed by atoms with Crippen molar-refractivity contribution in [2.24, 2.45) is 5.92 Å². The summed E-state index contributed by atoms with van der Waals surface area (Å²) >= 11 is 0. The van der Waals surface area contributed by atoms with Crippen LogP contribution in [-0.4, -0.2) is 0 Å². The van der Waals surface area contributed by atoms with E-state index < -0.39 is 0 Å². The fourth-order valence-corrected chi connectivity index (χ4v) is 3.72. The van der Waals surface area contributed by atoms with Crippen molar-refractivity contribution in [2.45, 2.75) is 25.7 Å². The van der Waals surface area contributed by atoms with Gasteiger partial charge in [-0.25, -0.2) is 0 Å². The summed E-state index contributed by atoms with van der Waals surface area (Å²) in [4.78, 5) is 0. The van der Waals surface area contributed by atoms with E-state index in [2.05, 4.69) is 117 Å². The van der Waals surface area contributed by atoms with Crippen LogP contribution in [0.1, 0.15) is 37.0 Å². The number of rotatable bonds is 4. The van der Waals surface area contributed by atoms with Gasteiger partial charge in [0.2, 0.25) is 0 Å². The van der Waals surface area contributed by atoms with Gasteiger partial charge in [0, 0.05) is 12.3 Å². The molecule has 1 atom stereocenters. The molecule has 0 radical (unpaired) electrons. The molecule has 0 bridgehead atoms. The van der Waals surface area contributed by atoms with Gasteiger partial charge >= 0.3 is 0 Å². The molecule has 0 fully saturated rings. The van der Waals surface area contributed by atoms with Gasteiger partial charge in [-0.1, -0.05) is 104 Å². The van der Waals surface area contributed by atoms with Crippen LogP contribution < -0.4 is 0 Å². The van der Waals surface area contributed by atoms with E-state index in [1.165, 1.54) is 16.7 Å². The second-order valence-corrected chi connectivity index (χ2v) is 6.30. The predicted octanol–water partition coefficient (Wildman–Crippen LogP) is 6.07. The van der Waals surface area contributed by atoms with Gasteiger partial charge in [-0.05, 0) is 23.6 Å². The SMILES string of the molecule is CCC#C[C@H](C)C(c1ccccc1)(c1ccccc1)c1ccccc1. The summed E-state index contributed by atoms with van der Waals surface area (Å²) < 4.78 is 0. The lowest BCUT2D eigenvalue weighted by Gasteiger charge is -2.39. The maximum Gasteiger partial charge on any atom is 0.0585 e. The molecule has 0 amide bonds. The lowest BCUT2D eigenvalue weighted by Crippen LogP contribution is -2.36. The highest BCUT2D eigenvalue weighted by molar-refractivity contribution is 5.52. The van der Waals surface area contributed by atoms with Gasteiger partial charge in [0.05, 0.1) is 5.41 Å². The van der Waals surface area contributed by atoms with Crippen LogP contribution >= 0.6 is 0 Å². The average molecular weight is 324 g/mol. The lowest BCUT2D eigenvalue weighted by molar-refractivity contribution is 0.495. The van der Waals surface area contributed by atoms with Crippen molar-refractivity contribution < 1.29 is 0 Å². The number of hydrogen-bond acceptors (Lipinski definition) is 0. The minimum absolute atomic E-state index is 0.152. The van der Waals surface area contributed by atoms with Crippen LogP contribution in [0.3, 0.4) is 0 Å². The van der Waals surface area contributed by atoms with E-state index in [-0.39, 0.29) is 11.3 Å². The first-order chi connectivity index (χ1) is 12.3. The molecule has 3 aromatic carbocycles. The summed E-state index contributed by atoms with van der Waals surface area (Å²) in [6.07, 6.45) is 0.874. The Labute approximate surface area is 151 Å². The highest BCUT2D eigenvalue weighted by atomic mass is 14.4. The summed E-state index contributed by atoms with van der Waals surface area (Å²) in [6, 6.07) is 32.3. The summed E-state index contributed by atoms with van der Waals surface area (Å²) in [7, 11) is 0. The van der Waals surface area contributed by atoms with E-state index in [1.54, 1.807) is 0 Å². The molecule has 25 heavy (non-hydrogen) atoms. The molecule has 0 unspecified atom stereocenters. The zero-order valence-corrected chi connectivity index (χ0v) is 14.9. The van der Waals surface area contributed by atoms with E-state index in [1.807, 2.05) is 0 Å². The Balaban J connectivity index is 2.35. The average Bonchev–Trinajstić information content (AvgIpc) is 2.69. The molecule has 0 aliphatic rings. The lowest BCUT2D eigenvalue weighted by atomic mass is 9.62. The Morgan fingerprint density at radius 3 is 1.36 bits per heavy atom. The van der Waals surface area contributed by atoms with Crippen molar-refractivity contribution in [3.8, 4) is 11.8 Å². The molecule has 124 valence electrons. The van der Waals surface area contributed by atoms with Crippen molar-refractivity contribution in [3.63, 3.8) is 0 Å². The molecular formula is C25H24. The van der Waals surface area contributed by atoms with E-state index in [0.717, 1.165) is 6.42 Å². The highest BCUT2D eigenvalue weighted by Gasteiger charge is 2.40. The Hall–Kier alpha value is -2.78. The van der Waals surface area contributed by atoms with E-state index in [0.29, 0.717) is 0 Å². The topological polar surface area (TPSA) is 0 Å². The molecule has 0 spiro atoms. The predicted molar refractivity (Wildman–Crippen MR) is 106 cm³/mol. The second-order valence-electron chi connectivity index (χ2n) is 6.30. The monoisotopic (exact) mass is 324 g/mol. The first-order valence-corrected chi connectivity index (χ1v) is 8.95. The van der Waals surface area contributed by atoms with Gasteiger partial charge in [-0.15, -0.1) is 5.92 Å². The van der Waals surface area contributed by atoms with Gasteiger partial charge < -0.3 is 0 Å². The van der Waals surface area contributed by atoms with Crippen molar-refractivity contribution in [2.75, 3.05) is 0 Å². The van der Waals surface area contributed by atoms with Crippen molar-refractivity contribution in [3.05, 3.63) is 108 Å². The third-order valence-electron chi connectivity index (χ3n) is 4.83. The normalized spacial score (nSPS) is 12.1. The fourth-order valence-electron chi connectivity index (χ4n) is 3.72. The zero-order valence-electron chi connectivity index (χ0n) is 14.9. The molecule has 0 saturated carbocycles. The first-order valence-electron chi connectivity index (χ1n) is 8.95. The van der Waals surface area contributed by atoms with Crippen LogP contribution in [-0.2, 0) is 5.41 Å². The molecule has 3 aromatic rings. The summed E-state index contributed by atoms with van der Waals surface area (Å²) in [5.74, 6) is 6.98. The van der Waals surface area contributed by atoms with Crippen molar-refractivity contribution >= 4 is 0 Å². The van der Waals surface area contributed by atoms with Crippen LogP contribution in [0.15, 0.2) is 91.0 Å². The standard InChI is InChI=1S/C25H24/c1-3-4-14-21(2)25(22-15-8-5-9-16-22,23-17-10-6-11-18-23)24-19-12-7-13-20-24/h5-13,15-21H,3H2,1-2H3/t21-/m0/s1. The highest BCUT2D eigenvalue weighted by Crippen LogP contribution is 2.45. The minimum Gasteiger partial charge on any atom is -0.103 e. The third-order valence-corrected chi connectivity index (χ3v) is 4.83. The van der Waals surface area contributed by atoms with Gasteiger partial charge in [0.1, 0.15) is 0 Å². The third kappa shape index (κ3) is 3.24. The Bertz CT molecular complexity index is 739. The fraction of sp³-hybridized carbons (Fsp3) is 0.200. The van der Waals surface area contributed by atoms with E-state index >= 15 is 0 Å². The smallest absolute Gasteiger partial charge is 0.0585 e.